The van der Waals surface area contributed by atoms with Gasteiger partial charge in [0.15, 0.2) is 5.01 Å². The first-order chi connectivity index (χ1) is 12.7. The first kappa shape index (κ1) is 16.7. The smallest absolute Gasteiger partial charge is 0.282 e. The highest BCUT2D eigenvalue weighted by Gasteiger charge is 2.27. The van der Waals surface area contributed by atoms with Gasteiger partial charge in [-0.3, -0.25) is 9.78 Å². The van der Waals surface area contributed by atoms with E-state index in [1.165, 1.54) is 24.6 Å². The fourth-order valence-corrected chi connectivity index (χ4v) is 3.91. The van der Waals surface area contributed by atoms with E-state index in [-0.39, 0.29) is 12.0 Å². The van der Waals surface area contributed by atoms with E-state index in [1.807, 2.05) is 24.3 Å². The van der Waals surface area contributed by atoms with Gasteiger partial charge in [0.1, 0.15) is 6.10 Å². The zero-order chi connectivity index (χ0) is 17.9. The molecule has 3 aromatic rings. The van der Waals surface area contributed by atoms with E-state index >= 15 is 0 Å². The standard InChI is InChI=1S/C18H18N4O3S/c1-24-15-9-19-10-16(21-15)25-12-5-4-8-22(11-12)18(23)17-20-13-6-2-3-7-14(13)26-17/h2-3,6-7,9-10,12H,4-5,8,11H2,1H3/t12-/m0/s1. The molecule has 1 aromatic carbocycles. The molecular formula is C18H18N4O3S. The molecule has 134 valence electrons. The number of methoxy groups -OCH3 is 1. The second-order valence-electron chi connectivity index (χ2n) is 6.02. The highest BCUT2D eigenvalue weighted by atomic mass is 32.1. The van der Waals surface area contributed by atoms with E-state index in [1.54, 1.807) is 11.1 Å². The quantitative estimate of drug-likeness (QED) is 0.703. The predicted octanol–water partition coefficient (Wildman–Crippen LogP) is 2.78. The summed E-state index contributed by atoms with van der Waals surface area (Å²) < 4.78 is 12.0. The Balaban J connectivity index is 1.46. The zero-order valence-corrected chi connectivity index (χ0v) is 15.1. The van der Waals surface area contributed by atoms with Crippen LogP contribution in [0.25, 0.3) is 10.2 Å². The highest BCUT2D eigenvalue weighted by Crippen LogP contribution is 2.25. The number of carbonyl (C=O) groups is 1. The Morgan fingerprint density at radius 1 is 1.23 bits per heavy atom. The van der Waals surface area contributed by atoms with Crippen molar-refractivity contribution in [1.82, 2.24) is 19.9 Å². The van der Waals surface area contributed by atoms with Crippen LogP contribution in [-0.4, -0.2) is 52.1 Å². The van der Waals surface area contributed by atoms with Crippen molar-refractivity contribution in [3.8, 4) is 11.8 Å². The second kappa shape index (κ2) is 7.25. The molecule has 1 atom stereocenters. The molecular weight excluding hydrogens is 352 g/mol. The van der Waals surface area contributed by atoms with Crippen LogP contribution in [0.1, 0.15) is 22.6 Å². The molecule has 0 N–H and O–H groups in total. The van der Waals surface area contributed by atoms with Gasteiger partial charge in [-0.15, -0.1) is 11.3 Å². The molecule has 7 nitrogen and oxygen atoms in total. The lowest BCUT2D eigenvalue weighted by Crippen LogP contribution is -2.44. The average Bonchev–Trinajstić information content (AvgIpc) is 3.12. The molecule has 26 heavy (non-hydrogen) atoms. The van der Waals surface area contributed by atoms with Crippen molar-refractivity contribution in [2.24, 2.45) is 0 Å². The lowest BCUT2D eigenvalue weighted by Gasteiger charge is -2.32. The summed E-state index contributed by atoms with van der Waals surface area (Å²) in [5.41, 5.74) is 0.859. The minimum absolute atomic E-state index is 0.0452. The maximum Gasteiger partial charge on any atom is 0.282 e. The van der Waals surface area contributed by atoms with Gasteiger partial charge in [0, 0.05) is 6.54 Å². The number of hydrogen-bond donors (Lipinski definition) is 0. The molecule has 1 aliphatic rings. The maximum atomic E-state index is 12.8. The van der Waals surface area contributed by atoms with E-state index in [4.69, 9.17) is 9.47 Å². The van der Waals surface area contributed by atoms with Crippen molar-refractivity contribution in [3.63, 3.8) is 0 Å². The van der Waals surface area contributed by atoms with Gasteiger partial charge in [0.05, 0.1) is 36.3 Å². The maximum absolute atomic E-state index is 12.8. The molecule has 3 heterocycles. The third kappa shape index (κ3) is 3.45. The van der Waals surface area contributed by atoms with Gasteiger partial charge < -0.3 is 14.4 Å². The Labute approximate surface area is 154 Å². The number of aromatic nitrogens is 3. The molecule has 0 radical (unpaired) electrons. The number of fused-ring (bicyclic) bond motifs is 1. The number of ether oxygens (including phenoxy) is 2. The van der Waals surface area contributed by atoms with Crippen LogP contribution in [0.5, 0.6) is 11.8 Å². The molecule has 1 amide bonds. The van der Waals surface area contributed by atoms with Crippen LogP contribution < -0.4 is 9.47 Å². The zero-order valence-electron chi connectivity index (χ0n) is 14.3. The number of piperidine rings is 1. The molecule has 0 unspecified atom stereocenters. The van der Waals surface area contributed by atoms with Gasteiger partial charge in [0.2, 0.25) is 11.8 Å². The summed E-state index contributed by atoms with van der Waals surface area (Å²) in [6.45, 7) is 1.21. The van der Waals surface area contributed by atoms with Crippen molar-refractivity contribution in [3.05, 3.63) is 41.7 Å². The van der Waals surface area contributed by atoms with Crippen molar-refractivity contribution in [1.29, 1.82) is 0 Å². The highest BCUT2D eigenvalue weighted by molar-refractivity contribution is 7.20. The van der Waals surface area contributed by atoms with Gasteiger partial charge in [0.25, 0.3) is 5.91 Å². The van der Waals surface area contributed by atoms with Crippen LogP contribution in [0.4, 0.5) is 0 Å². The van der Waals surface area contributed by atoms with Crippen LogP contribution in [0.3, 0.4) is 0 Å². The normalized spacial score (nSPS) is 17.3. The molecule has 1 aliphatic heterocycles. The first-order valence-corrected chi connectivity index (χ1v) is 9.22. The second-order valence-corrected chi connectivity index (χ2v) is 7.05. The van der Waals surface area contributed by atoms with Gasteiger partial charge in [-0.25, -0.2) is 4.98 Å². The molecule has 1 fully saturated rings. The minimum atomic E-state index is -0.122. The van der Waals surface area contributed by atoms with Gasteiger partial charge in [-0.1, -0.05) is 12.1 Å². The molecule has 1 saturated heterocycles. The van der Waals surface area contributed by atoms with Crippen molar-refractivity contribution in [2.75, 3.05) is 20.2 Å². The molecule has 0 saturated carbocycles. The number of carbonyl (C=O) groups excluding carboxylic acids is 1. The van der Waals surface area contributed by atoms with E-state index in [0.29, 0.717) is 29.9 Å². The van der Waals surface area contributed by atoms with E-state index in [2.05, 4.69) is 15.0 Å². The van der Waals surface area contributed by atoms with Gasteiger partial charge in [-0.2, -0.15) is 4.98 Å². The van der Waals surface area contributed by atoms with E-state index < -0.39 is 0 Å². The van der Waals surface area contributed by atoms with Crippen LogP contribution in [0.2, 0.25) is 0 Å². The molecule has 0 aliphatic carbocycles. The number of amides is 1. The SMILES string of the molecule is COc1cncc(O[C@H]2CCCN(C(=O)c3nc4ccccc4s3)C2)n1. The van der Waals surface area contributed by atoms with Crippen LogP contribution in [0.15, 0.2) is 36.7 Å². The van der Waals surface area contributed by atoms with E-state index in [9.17, 15) is 4.79 Å². The van der Waals surface area contributed by atoms with E-state index in [0.717, 1.165) is 23.1 Å². The summed E-state index contributed by atoms with van der Waals surface area (Å²) in [6.07, 6.45) is 4.69. The van der Waals surface area contributed by atoms with Crippen molar-refractivity contribution < 1.29 is 14.3 Å². The Bertz CT molecular complexity index is 896. The number of rotatable bonds is 4. The van der Waals surface area contributed by atoms with Crippen molar-refractivity contribution >= 4 is 27.5 Å². The summed E-state index contributed by atoms with van der Waals surface area (Å²) in [6, 6.07) is 7.78. The predicted molar refractivity (Wildman–Crippen MR) is 97.8 cm³/mol. The number of hydrogen-bond acceptors (Lipinski definition) is 7. The van der Waals surface area contributed by atoms with Crippen LogP contribution >= 0.6 is 11.3 Å². The molecule has 4 rings (SSSR count). The average molecular weight is 370 g/mol. The summed E-state index contributed by atoms with van der Waals surface area (Å²) in [5, 5.41) is 0.521. The first-order valence-electron chi connectivity index (χ1n) is 8.40. The molecule has 0 spiro atoms. The number of benzene rings is 1. The molecule has 8 heteroatoms. The molecule has 2 aromatic heterocycles. The third-order valence-corrected chi connectivity index (χ3v) is 5.25. The Hall–Kier alpha value is -2.74. The van der Waals surface area contributed by atoms with Gasteiger partial charge >= 0.3 is 0 Å². The number of thiazole rings is 1. The van der Waals surface area contributed by atoms with Crippen LogP contribution in [-0.2, 0) is 0 Å². The summed E-state index contributed by atoms with van der Waals surface area (Å²) >= 11 is 1.43. The Morgan fingerprint density at radius 2 is 2.08 bits per heavy atom. The minimum Gasteiger partial charge on any atom is -0.480 e. The lowest BCUT2D eigenvalue weighted by molar-refractivity contribution is 0.0525. The summed E-state index contributed by atoms with van der Waals surface area (Å²) in [5.74, 6) is 0.764. The fourth-order valence-electron chi connectivity index (χ4n) is 2.97. The fraction of sp³-hybridized carbons (Fsp3) is 0.333. The number of para-hydroxylation sites is 1. The lowest BCUT2D eigenvalue weighted by atomic mass is 10.1. The number of nitrogens with zero attached hydrogens (tertiary/aromatic N) is 4. The Kier molecular flexibility index (Phi) is 4.66. The monoisotopic (exact) mass is 370 g/mol. The summed E-state index contributed by atoms with van der Waals surface area (Å²) in [7, 11) is 1.53. The van der Waals surface area contributed by atoms with Crippen molar-refractivity contribution in [2.45, 2.75) is 18.9 Å². The van der Waals surface area contributed by atoms with Gasteiger partial charge in [-0.05, 0) is 25.0 Å². The summed E-state index contributed by atoms with van der Waals surface area (Å²) in [4.78, 5) is 27.4. The third-order valence-electron chi connectivity index (χ3n) is 4.23. The topological polar surface area (TPSA) is 77.4 Å². The number of likely N-dealkylation sites (tertiary alicyclic amines) is 1. The van der Waals surface area contributed by atoms with Crippen LogP contribution in [0, 0.1) is 0 Å². The Morgan fingerprint density at radius 3 is 2.92 bits per heavy atom. The molecule has 0 bridgehead atoms. The largest absolute Gasteiger partial charge is 0.480 e.